The van der Waals surface area contributed by atoms with Crippen LogP contribution in [0.4, 0.5) is 4.39 Å². The molecule has 0 aliphatic carbocycles. The molecule has 0 aliphatic heterocycles. The number of hydrogen-bond acceptors (Lipinski definition) is 4. The summed E-state index contributed by atoms with van der Waals surface area (Å²) in [5, 5.41) is 10.6. The molecule has 0 saturated heterocycles. The predicted molar refractivity (Wildman–Crippen MR) is 84.5 cm³/mol. The molecule has 0 fully saturated rings. The van der Waals surface area contributed by atoms with Gasteiger partial charge in [-0.05, 0) is 56.0 Å². The summed E-state index contributed by atoms with van der Waals surface area (Å²) in [6.45, 7) is 6.74. The number of benzene rings is 1. The second kappa shape index (κ2) is 9.51. The van der Waals surface area contributed by atoms with Crippen molar-refractivity contribution >= 4 is 11.8 Å². The minimum Gasteiger partial charge on any atom is -0.490 e. The van der Waals surface area contributed by atoms with E-state index in [1.807, 2.05) is 26.2 Å². The lowest BCUT2D eigenvalue weighted by Gasteiger charge is -2.19. The fourth-order valence-corrected chi connectivity index (χ4v) is 2.72. The van der Waals surface area contributed by atoms with Gasteiger partial charge in [-0.1, -0.05) is 6.92 Å². The number of nitriles is 1. The summed E-state index contributed by atoms with van der Waals surface area (Å²) in [6, 6.07) is 3.15. The number of thiocyanates is 1. The average molecular weight is 311 g/mol. The van der Waals surface area contributed by atoms with Gasteiger partial charge in [0.25, 0.3) is 0 Å². The number of thioether (sulfide) groups is 1. The van der Waals surface area contributed by atoms with Crippen LogP contribution in [0.2, 0.25) is 0 Å². The second-order valence-corrected chi connectivity index (χ2v) is 5.40. The first-order valence-electron chi connectivity index (χ1n) is 7.27. The molecule has 0 N–H and O–H groups in total. The molecule has 116 valence electrons. The van der Waals surface area contributed by atoms with Crippen molar-refractivity contribution in [3.05, 3.63) is 23.5 Å². The first kappa shape index (κ1) is 17.6. The molecule has 1 atom stereocenters. The Balaban J connectivity index is 3.04. The van der Waals surface area contributed by atoms with Crippen molar-refractivity contribution in [1.29, 1.82) is 5.26 Å². The van der Waals surface area contributed by atoms with Crippen molar-refractivity contribution < 1.29 is 13.9 Å². The van der Waals surface area contributed by atoms with Gasteiger partial charge >= 0.3 is 0 Å². The molecular weight excluding hydrogens is 289 g/mol. The van der Waals surface area contributed by atoms with E-state index in [1.165, 1.54) is 17.8 Å². The zero-order valence-electron chi connectivity index (χ0n) is 12.8. The highest BCUT2D eigenvalue weighted by molar-refractivity contribution is 8.03. The minimum absolute atomic E-state index is 0.0840. The van der Waals surface area contributed by atoms with Crippen LogP contribution in [-0.4, -0.2) is 19.0 Å². The van der Waals surface area contributed by atoms with Crippen molar-refractivity contribution in [2.24, 2.45) is 0 Å². The molecule has 1 aromatic carbocycles. The summed E-state index contributed by atoms with van der Waals surface area (Å²) < 4.78 is 25.3. The summed E-state index contributed by atoms with van der Waals surface area (Å²) >= 11 is 1.21. The van der Waals surface area contributed by atoms with Crippen molar-refractivity contribution in [3.63, 3.8) is 0 Å². The molecular formula is C16H22FNO2S. The Kier molecular flexibility index (Phi) is 7.99. The molecule has 3 nitrogen and oxygen atoms in total. The largest absolute Gasteiger partial charge is 0.490 e. The van der Waals surface area contributed by atoms with Crippen LogP contribution in [0.1, 0.15) is 45.1 Å². The predicted octanol–water partition coefficient (Wildman–Crippen LogP) is 4.72. The quantitative estimate of drug-likeness (QED) is 0.489. The van der Waals surface area contributed by atoms with Crippen LogP contribution in [-0.2, 0) is 0 Å². The number of ether oxygens (including phenoxy) is 2. The maximum atomic E-state index is 14.3. The fourth-order valence-electron chi connectivity index (χ4n) is 2.23. The molecule has 1 aromatic rings. The van der Waals surface area contributed by atoms with Gasteiger partial charge in [-0.3, -0.25) is 0 Å². The molecule has 0 heterocycles. The van der Waals surface area contributed by atoms with E-state index in [-0.39, 0.29) is 11.7 Å². The molecule has 0 aromatic heterocycles. The van der Waals surface area contributed by atoms with E-state index in [2.05, 4.69) is 0 Å². The molecule has 0 spiro atoms. The number of halogens is 1. The van der Waals surface area contributed by atoms with Crippen molar-refractivity contribution in [1.82, 2.24) is 0 Å². The third-order valence-corrected chi connectivity index (χ3v) is 3.80. The average Bonchev–Trinajstić information content (AvgIpc) is 2.47. The second-order valence-electron chi connectivity index (χ2n) is 4.52. The van der Waals surface area contributed by atoms with E-state index in [0.29, 0.717) is 36.0 Å². The van der Waals surface area contributed by atoms with Gasteiger partial charge in [-0.25, -0.2) is 4.39 Å². The molecule has 21 heavy (non-hydrogen) atoms. The van der Waals surface area contributed by atoms with Crippen molar-refractivity contribution in [2.75, 3.05) is 19.0 Å². The Labute approximate surface area is 130 Å². The Morgan fingerprint density at radius 2 is 1.81 bits per heavy atom. The maximum Gasteiger partial charge on any atom is 0.164 e. The standard InChI is InChI=1S/C16H22FNO2S/c1-4-12(7-8-21-11-18)13-9-15(19-5-2)16(20-6-3)10-14(13)17/h9-10,12H,4-8H2,1-3H3. The summed E-state index contributed by atoms with van der Waals surface area (Å²) in [4.78, 5) is 0. The Bertz CT molecular complexity index is 488. The van der Waals surface area contributed by atoms with Crippen LogP contribution < -0.4 is 9.47 Å². The highest BCUT2D eigenvalue weighted by atomic mass is 32.2. The number of nitrogens with zero attached hydrogens (tertiary/aromatic N) is 1. The summed E-state index contributed by atoms with van der Waals surface area (Å²) in [6.07, 6.45) is 1.59. The molecule has 1 unspecified atom stereocenters. The Hall–Kier alpha value is -1.41. The van der Waals surface area contributed by atoms with Crippen LogP contribution in [0.25, 0.3) is 0 Å². The molecule has 0 aliphatic rings. The number of hydrogen-bond donors (Lipinski definition) is 0. The maximum absolute atomic E-state index is 14.3. The zero-order valence-corrected chi connectivity index (χ0v) is 13.6. The van der Waals surface area contributed by atoms with Crippen LogP contribution in [0.15, 0.2) is 12.1 Å². The van der Waals surface area contributed by atoms with Gasteiger partial charge in [-0.2, -0.15) is 5.26 Å². The summed E-state index contributed by atoms with van der Waals surface area (Å²) in [5.41, 5.74) is 0.642. The van der Waals surface area contributed by atoms with Crippen LogP contribution >= 0.6 is 11.8 Å². The first-order valence-corrected chi connectivity index (χ1v) is 8.26. The van der Waals surface area contributed by atoms with E-state index in [0.717, 1.165) is 12.8 Å². The van der Waals surface area contributed by atoms with Gasteiger partial charge in [0.15, 0.2) is 11.5 Å². The summed E-state index contributed by atoms with van der Waals surface area (Å²) in [5.74, 6) is 1.55. The van der Waals surface area contributed by atoms with Gasteiger partial charge in [0.05, 0.1) is 13.2 Å². The van der Waals surface area contributed by atoms with E-state index >= 15 is 0 Å². The Morgan fingerprint density at radius 3 is 2.33 bits per heavy atom. The number of rotatable bonds is 9. The SMILES string of the molecule is CCOc1cc(F)c(C(CC)CCSC#N)cc1OCC. The monoisotopic (exact) mass is 311 g/mol. The van der Waals surface area contributed by atoms with Crippen LogP contribution in [0, 0.1) is 16.5 Å². The molecule has 0 saturated carbocycles. The lowest BCUT2D eigenvalue weighted by molar-refractivity contribution is 0.285. The Morgan fingerprint density at radius 1 is 1.19 bits per heavy atom. The van der Waals surface area contributed by atoms with Gasteiger partial charge in [-0.15, -0.1) is 0 Å². The van der Waals surface area contributed by atoms with E-state index in [1.54, 1.807) is 6.07 Å². The summed E-state index contributed by atoms with van der Waals surface area (Å²) in [7, 11) is 0. The molecule has 0 amide bonds. The molecule has 1 rings (SSSR count). The van der Waals surface area contributed by atoms with Gasteiger partial charge in [0, 0.05) is 11.8 Å². The van der Waals surface area contributed by atoms with Gasteiger partial charge in [0.2, 0.25) is 0 Å². The van der Waals surface area contributed by atoms with Crippen LogP contribution in [0.5, 0.6) is 11.5 Å². The smallest absolute Gasteiger partial charge is 0.164 e. The van der Waals surface area contributed by atoms with E-state index in [4.69, 9.17) is 14.7 Å². The van der Waals surface area contributed by atoms with E-state index < -0.39 is 0 Å². The molecule has 0 bridgehead atoms. The zero-order chi connectivity index (χ0) is 15.7. The molecule has 0 radical (unpaired) electrons. The highest BCUT2D eigenvalue weighted by Crippen LogP contribution is 2.36. The van der Waals surface area contributed by atoms with Crippen molar-refractivity contribution in [2.45, 2.75) is 39.5 Å². The third kappa shape index (κ3) is 5.13. The highest BCUT2D eigenvalue weighted by Gasteiger charge is 2.18. The normalized spacial score (nSPS) is 11.8. The topological polar surface area (TPSA) is 42.2 Å². The van der Waals surface area contributed by atoms with Gasteiger partial charge in [0.1, 0.15) is 11.2 Å². The minimum atomic E-state index is -0.268. The van der Waals surface area contributed by atoms with E-state index in [9.17, 15) is 4.39 Å². The lowest BCUT2D eigenvalue weighted by atomic mass is 9.93. The van der Waals surface area contributed by atoms with Crippen molar-refractivity contribution in [3.8, 4) is 16.9 Å². The lowest BCUT2D eigenvalue weighted by Crippen LogP contribution is -2.06. The van der Waals surface area contributed by atoms with Crippen LogP contribution in [0.3, 0.4) is 0 Å². The molecule has 5 heteroatoms. The fraction of sp³-hybridized carbons (Fsp3) is 0.562. The first-order chi connectivity index (χ1) is 10.2. The van der Waals surface area contributed by atoms with Gasteiger partial charge < -0.3 is 9.47 Å². The third-order valence-electron chi connectivity index (χ3n) is 3.23.